The van der Waals surface area contributed by atoms with Crippen LogP contribution in [-0.4, -0.2) is 14.1 Å². The molecule has 0 radical (unpaired) electrons. The van der Waals surface area contributed by atoms with Gasteiger partial charge in [-0.1, -0.05) is 34.1 Å². The Kier molecular flexibility index (Phi) is 4.17. The molecular formula is C17H17BrN2S. The molecule has 2 nitrogen and oxygen atoms in total. The van der Waals surface area contributed by atoms with E-state index in [2.05, 4.69) is 88.1 Å². The van der Waals surface area contributed by atoms with Gasteiger partial charge in [0.05, 0.1) is 11.4 Å². The number of rotatable bonds is 4. The number of halogens is 1. The van der Waals surface area contributed by atoms with Gasteiger partial charge in [0.25, 0.3) is 0 Å². The van der Waals surface area contributed by atoms with Crippen molar-refractivity contribution in [3.8, 4) is 0 Å². The van der Waals surface area contributed by atoms with E-state index in [0.717, 1.165) is 16.7 Å². The second-order valence-corrected chi connectivity index (χ2v) is 6.99. The second-order valence-electron chi connectivity index (χ2n) is 5.17. The normalized spacial score (nSPS) is 10.8. The lowest BCUT2D eigenvalue weighted by molar-refractivity contribution is 1.11. The molecule has 3 rings (SSSR count). The highest BCUT2D eigenvalue weighted by Gasteiger charge is 2.07. The lowest BCUT2D eigenvalue weighted by Crippen LogP contribution is -2.12. The molecule has 3 aromatic rings. The first-order valence-corrected chi connectivity index (χ1v) is 8.48. The Bertz CT molecular complexity index is 764. The molecule has 0 spiro atoms. The fourth-order valence-electron chi connectivity index (χ4n) is 2.40. The molecule has 108 valence electrons. The van der Waals surface area contributed by atoms with Gasteiger partial charge in [-0.05, 0) is 40.6 Å². The first-order chi connectivity index (χ1) is 10.1. The van der Waals surface area contributed by atoms with Crippen molar-refractivity contribution in [3.05, 3.63) is 57.9 Å². The van der Waals surface area contributed by atoms with E-state index in [0.29, 0.717) is 0 Å². The van der Waals surface area contributed by atoms with Crippen LogP contribution in [0.15, 0.2) is 52.3 Å². The van der Waals surface area contributed by atoms with Gasteiger partial charge in [0.1, 0.15) is 0 Å². The molecule has 0 aliphatic heterocycles. The molecule has 0 atom stereocenters. The van der Waals surface area contributed by atoms with Crippen LogP contribution in [-0.2, 0) is 6.54 Å². The third-order valence-corrected chi connectivity index (χ3v) is 4.98. The molecule has 1 aromatic heterocycles. The van der Waals surface area contributed by atoms with E-state index in [1.165, 1.54) is 21.3 Å². The van der Waals surface area contributed by atoms with Crippen LogP contribution in [0.4, 0.5) is 11.4 Å². The Morgan fingerprint density at radius 2 is 1.95 bits per heavy atom. The van der Waals surface area contributed by atoms with E-state index in [1.54, 1.807) is 11.3 Å². The average molecular weight is 361 g/mol. The highest BCUT2D eigenvalue weighted by atomic mass is 79.9. The highest BCUT2D eigenvalue weighted by molar-refractivity contribution is 9.10. The SMILES string of the molecule is CN(C)c1ccc(Br)cc1NCc1csc2ccccc12. The van der Waals surface area contributed by atoms with Crippen molar-refractivity contribution in [1.29, 1.82) is 0 Å². The van der Waals surface area contributed by atoms with E-state index in [-0.39, 0.29) is 0 Å². The molecule has 0 saturated carbocycles. The summed E-state index contributed by atoms with van der Waals surface area (Å²) in [7, 11) is 4.13. The first-order valence-electron chi connectivity index (χ1n) is 6.81. The minimum atomic E-state index is 0.835. The van der Waals surface area contributed by atoms with Crippen LogP contribution >= 0.6 is 27.3 Å². The van der Waals surface area contributed by atoms with Gasteiger partial charge in [-0.25, -0.2) is 0 Å². The van der Waals surface area contributed by atoms with Crippen molar-refractivity contribution < 1.29 is 0 Å². The summed E-state index contributed by atoms with van der Waals surface area (Å²) in [6, 6.07) is 14.9. The molecule has 0 bridgehead atoms. The van der Waals surface area contributed by atoms with Gasteiger partial charge in [0.15, 0.2) is 0 Å². The molecule has 0 unspecified atom stereocenters. The number of anilines is 2. The summed E-state index contributed by atoms with van der Waals surface area (Å²) in [5, 5.41) is 7.15. The molecule has 0 aliphatic carbocycles. The topological polar surface area (TPSA) is 15.3 Å². The van der Waals surface area contributed by atoms with Crippen molar-refractivity contribution in [2.45, 2.75) is 6.54 Å². The summed E-state index contributed by atoms with van der Waals surface area (Å²) < 4.78 is 2.43. The Labute approximate surface area is 137 Å². The van der Waals surface area contributed by atoms with Gasteiger partial charge in [0.2, 0.25) is 0 Å². The Morgan fingerprint density at radius 1 is 1.14 bits per heavy atom. The summed E-state index contributed by atoms with van der Waals surface area (Å²) in [6.45, 7) is 0.835. The van der Waals surface area contributed by atoms with Gasteiger partial charge < -0.3 is 10.2 Å². The third kappa shape index (κ3) is 3.06. The van der Waals surface area contributed by atoms with Crippen LogP contribution in [0.25, 0.3) is 10.1 Å². The van der Waals surface area contributed by atoms with Crippen molar-refractivity contribution in [2.24, 2.45) is 0 Å². The van der Waals surface area contributed by atoms with Crippen molar-refractivity contribution in [3.63, 3.8) is 0 Å². The predicted octanol–water partition coefficient (Wildman–Crippen LogP) is 5.34. The van der Waals surface area contributed by atoms with Crippen molar-refractivity contribution in [1.82, 2.24) is 0 Å². The zero-order chi connectivity index (χ0) is 14.8. The number of nitrogens with zero attached hydrogens (tertiary/aromatic N) is 1. The van der Waals surface area contributed by atoms with E-state index in [9.17, 15) is 0 Å². The third-order valence-electron chi connectivity index (χ3n) is 3.47. The Hall–Kier alpha value is -1.52. The number of hydrogen-bond acceptors (Lipinski definition) is 3. The molecule has 1 N–H and O–H groups in total. The summed E-state index contributed by atoms with van der Waals surface area (Å²) in [6.07, 6.45) is 0. The largest absolute Gasteiger partial charge is 0.379 e. The van der Waals surface area contributed by atoms with Gasteiger partial charge in [0, 0.05) is 29.8 Å². The van der Waals surface area contributed by atoms with Gasteiger partial charge in [-0.3, -0.25) is 0 Å². The van der Waals surface area contributed by atoms with Crippen molar-refractivity contribution in [2.75, 3.05) is 24.3 Å². The fourth-order valence-corrected chi connectivity index (χ4v) is 3.72. The molecule has 21 heavy (non-hydrogen) atoms. The lowest BCUT2D eigenvalue weighted by atomic mass is 10.1. The summed E-state index contributed by atoms with van der Waals surface area (Å²) in [5.41, 5.74) is 3.68. The zero-order valence-electron chi connectivity index (χ0n) is 12.1. The lowest BCUT2D eigenvalue weighted by Gasteiger charge is -2.19. The van der Waals surface area contributed by atoms with Crippen LogP contribution in [0.1, 0.15) is 5.56 Å². The first kappa shape index (κ1) is 14.4. The van der Waals surface area contributed by atoms with Crippen molar-refractivity contribution >= 4 is 48.7 Å². The van der Waals surface area contributed by atoms with Gasteiger partial charge in [-0.15, -0.1) is 11.3 Å². The molecule has 2 aromatic carbocycles. The number of nitrogens with one attached hydrogen (secondary N) is 1. The van der Waals surface area contributed by atoms with E-state index in [4.69, 9.17) is 0 Å². The van der Waals surface area contributed by atoms with Crippen LogP contribution in [0, 0.1) is 0 Å². The molecule has 0 amide bonds. The summed E-state index contributed by atoms with van der Waals surface area (Å²) >= 11 is 5.35. The Morgan fingerprint density at radius 3 is 2.76 bits per heavy atom. The summed E-state index contributed by atoms with van der Waals surface area (Å²) in [5.74, 6) is 0. The van der Waals surface area contributed by atoms with E-state index < -0.39 is 0 Å². The van der Waals surface area contributed by atoms with E-state index >= 15 is 0 Å². The zero-order valence-corrected chi connectivity index (χ0v) is 14.5. The molecule has 0 saturated heterocycles. The molecule has 0 fully saturated rings. The quantitative estimate of drug-likeness (QED) is 0.675. The minimum Gasteiger partial charge on any atom is -0.379 e. The van der Waals surface area contributed by atoms with Crippen LogP contribution in [0.2, 0.25) is 0 Å². The number of fused-ring (bicyclic) bond motifs is 1. The maximum atomic E-state index is 3.56. The van der Waals surface area contributed by atoms with Gasteiger partial charge >= 0.3 is 0 Å². The maximum Gasteiger partial charge on any atom is 0.0597 e. The van der Waals surface area contributed by atoms with Crippen LogP contribution in [0.5, 0.6) is 0 Å². The monoisotopic (exact) mass is 360 g/mol. The standard InChI is InChI=1S/C17H17BrN2S/c1-20(2)16-8-7-13(18)9-15(16)19-10-12-11-21-17-6-4-3-5-14(12)17/h3-9,11,19H,10H2,1-2H3. The Balaban J connectivity index is 1.86. The maximum absolute atomic E-state index is 3.56. The molecule has 4 heteroatoms. The number of thiophene rings is 1. The number of hydrogen-bond donors (Lipinski definition) is 1. The van der Waals surface area contributed by atoms with E-state index in [1.807, 2.05) is 0 Å². The minimum absolute atomic E-state index is 0.835. The molecule has 0 aliphatic rings. The highest BCUT2D eigenvalue weighted by Crippen LogP contribution is 2.30. The molecule has 1 heterocycles. The van der Waals surface area contributed by atoms with Crippen LogP contribution < -0.4 is 10.2 Å². The summed E-state index contributed by atoms with van der Waals surface area (Å²) in [4.78, 5) is 2.13. The van der Waals surface area contributed by atoms with Gasteiger partial charge in [-0.2, -0.15) is 0 Å². The smallest absolute Gasteiger partial charge is 0.0597 e. The average Bonchev–Trinajstić information content (AvgIpc) is 2.88. The fraction of sp³-hybridized carbons (Fsp3) is 0.176. The van der Waals surface area contributed by atoms with Crippen LogP contribution in [0.3, 0.4) is 0 Å². The predicted molar refractivity (Wildman–Crippen MR) is 97.6 cm³/mol. The number of benzene rings is 2. The second kappa shape index (κ2) is 6.08. The molecular weight excluding hydrogens is 344 g/mol.